The second kappa shape index (κ2) is 7.61. The molecule has 0 heterocycles. The molecule has 0 aromatic heterocycles. The van der Waals surface area contributed by atoms with Gasteiger partial charge in [-0.25, -0.2) is 0 Å². The molecule has 0 radical (unpaired) electrons. The van der Waals surface area contributed by atoms with Crippen LogP contribution in [0.3, 0.4) is 0 Å². The number of hydrogen-bond donors (Lipinski definition) is 0. The Kier molecular flexibility index (Phi) is 7.88. The molecule has 1 unspecified atom stereocenters. The third-order valence-electron chi connectivity index (χ3n) is 4.06. The van der Waals surface area contributed by atoms with Crippen LogP contribution >= 0.6 is 0 Å². The average molecular weight is 369 g/mol. The maximum absolute atomic E-state index is 12.7. The molecule has 0 rings (SSSR count). The molecule has 0 N–H and O–H groups in total. The Hall–Kier alpha value is 0.670. The van der Waals surface area contributed by atoms with Crippen LogP contribution in [0.25, 0.3) is 0 Å². The Balaban J connectivity index is 5.53. The van der Waals surface area contributed by atoms with E-state index < -0.39 is 31.7 Å². The molecule has 0 amide bonds. The summed E-state index contributed by atoms with van der Waals surface area (Å²) >= 11 is -2.37. The first-order valence-electron chi connectivity index (χ1n) is 7.53. The van der Waals surface area contributed by atoms with E-state index in [1.165, 1.54) is 0 Å². The van der Waals surface area contributed by atoms with Gasteiger partial charge in [0.1, 0.15) is 0 Å². The molecule has 0 saturated carbocycles. The molecule has 0 aliphatic carbocycles. The van der Waals surface area contributed by atoms with Crippen LogP contribution in [0.4, 0.5) is 0 Å². The van der Waals surface area contributed by atoms with E-state index in [0.29, 0.717) is 0 Å². The predicted octanol–water partition coefficient (Wildman–Crippen LogP) is 4.38. The van der Waals surface area contributed by atoms with Gasteiger partial charge in [0.2, 0.25) is 0 Å². The van der Waals surface area contributed by atoms with Crippen LogP contribution in [-0.2, 0) is 14.0 Å². The second-order valence-electron chi connectivity index (χ2n) is 6.39. The summed E-state index contributed by atoms with van der Waals surface area (Å²) in [4.78, 5) is 0. The summed E-state index contributed by atoms with van der Waals surface area (Å²) in [6.45, 7) is 14.5. The normalized spacial score (nSPS) is 15.5. The zero-order valence-electron chi connectivity index (χ0n) is 13.7. The van der Waals surface area contributed by atoms with Gasteiger partial charge in [-0.1, -0.05) is 0 Å². The van der Waals surface area contributed by atoms with Crippen molar-refractivity contribution < 1.29 is 12.3 Å². The van der Waals surface area contributed by atoms with Gasteiger partial charge in [0.05, 0.1) is 0 Å². The summed E-state index contributed by atoms with van der Waals surface area (Å²) < 4.78 is 30.9. The zero-order valence-corrected chi connectivity index (χ0v) is 17.7. The standard InChI is InChI=1S/C13H32GeO3SSi/c1-8-12-13(14(9-2,10-3)11-4)18(15,16)17-19(5,6)7/h13H,8-12H2,1-7H3. The first kappa shape index (κ1) is 19.7. The van der Waals surface area contributed by atoms with E-state index >= 15 is 0 Å². The monoisotopic (exact) mass is 370 g/mol. The molecule has 6 heteroatoms. The molecule has 0 aliphatic heterocycles. The van der Waals surface area contributed by atoms with Crippen LogP contribution < -0.4 is 0 Å². The van der Waals surface area contributed by atoms with Crippen LogP contribution in [0.2, 0.25) is 35.4 Å². The van der Waals surface area contributed by atoms with E-state index in [2.05, 4.69) is 27.7 Å². The molecule has 0 spiro atoms. The fourth-order valence-corrected chi connectivity index (χ4v) is 22.5. The SMILES string of the molecule is CCC[CH](S(=O)(=O)O[Si](C)(C)C)[Ge]([CH2]C)([CH2]C)[CH2]C. The van der Waals surface area contributed by atoms with Crippen LogP contribution in [-0.4, -0.2) is 34.1 Å². The van der Waals surface area contributed by atoms with E-state index in [9.17, 15) is 8.42 Å². The zero-order chi connectivity index (χ0) is 15.3. The van der Waals surface area contributed by atoms with Crippen molar-refractivity contribution in [1.29, 1.82) is 0 Å². The summed E-state index contributed by atoms with van der Waals surface area (Å²) in [6, 6.07) is 0. The average Bonchev–Trinajstić information content (AvgIpc) is 2.27. The minimum absolute atomic E-state index is 0.177. The number of rotatable bonds is 9. The summed E-state index contributed by atoms with van der Waals surface area (Å²) in [7, 11) is -5.45. The van der Waals surface area contributed by atoms with Crippen LogP contribution in [0.1, 0.15) is 40.5 Å². The van der Waals surface area contributed by atoms with Crippen molar-refractivity contribution >= 4 is 31.7 Å². The van der Waals surface area contributed by atoms with Gasteiger partial charge in [-0.3, -0.25) is 0 Å². The van der Waals surface area contributed by atoms with E-state index in [0.717, 1.165) is 28.6 Å². The minimum atomic E-state index is -3.39. The molecule has 3 nitrogen and oxygen atoms in total. The molecule has 0 fully saturated rings. The summed E-state index contributed by atoms with van der Waals surface area (Å²) in [5, 5.41) is 3.23. The molecule has 0 aromatic rings. The first-order valence-corrected chi connectivity index (χ1v) is 18.1. The fourth-order valence-electron chi connectivity index (χ4n) is 2.86. The van der Waals surface area contributed by atoms with Crippen LogP contribution in [0.15, 0.2) is 0 Å². The van der Waals surface area contributed by atoms with Crippen molar-refractivity contribution in [3.8, 4) is 0 Å². The van der Waals surface area contributed by atoms with Crippen molar-refractivity contribution in [3.63, 3.8) is 0 Å². The van der Waals surface area contributed by atoms with Crippen molar-refractivity contribution in [2.24, 2.45) is 0 Å². The maximum atomic E-state index is 12.7. The molecule has 0 aliphatic rings. The molecule has 0 aromatic carbocycles. The second-order valence-corrected chi connectivity index (χ2v) is 25.3. The molecule has 0 saturated heterocycles. The van der Waals surface area contributed by atoms with Gasteiger partial charge in [-0.05, 0) is 0 Å². The molecular weight excluding hydrogens is 337 g/mol. The van der Waals surface area contributed by atoms with Gasteiger partial charge in [0, 0.05) is 0 Å². The fraction of sp³-hybridized carbons (Fsp3) is 1.00. The number of hydrogen-bond acceptors (Lipinski definition) is 3. The van der Waals surface area contributed by atoms with Gasteiger partial charge in [0.25, 0.3) is 0 Å². The first-order chi connectivity index (χ1) is 8.58. The van der Waals surface area contributed by atoms with E-state index in [-0.39, 0.29) is 4.08 Å². The van der Waals surface area contributed by atoms with Crippen molar-refractivity contribution in [2.75, 3.05) is 0 Å². The summed E-state index contributed by atoms with van der Waals surface area (Å²) in [5.41, 5.74) is 0. The Morgan fingerprint density at radius 3 is 1.68 bits per heavy atom. The van der Waals surface area contributed by atoms with Gasteiger partial charge >= 0.3 is 124 Å². The van der Waals surface area contributed by atoms with Gasteiger partial charge < -0.3 is 0 Å². The molecular formula is C13H32GeO3SSi. The third-order valence-corrected chi connectivity index (χ3v) is 24.7. The topological polar surface area (TPSA) is 43.4 Å². The summed E-state index contributed by atoms with van der Waals surface area (Å²) in [6.07, 6.45) is 1.70. The quantitative estimate of drug-likeness (QED) is 0.567. The van der Waals surface area contributed by atoms with Crippen LogP contribution in [0.5, 0.6) is 0 Å². The van der Waals surface area contributed by atoms with Crippen molar-refractivity contribution in [2.45, 2.75) is 80.0 Å². The Bertz CT molecular complexity index is 350. The molecule has 116 valence electrons. The van der Waals surface area contributed by atoms with Gasteiger partial charge in [-0.15, -0.1) is 0 Å². The van der Waals surface area contributed by atoms with Crippen molar-refractivity contribution in [3.05, 3.63) is 0 Å². The van der Waals surface area contributed by atoms with E-state index in [4.69, 9.17) is 3.87 Å². The van der Waals surface area contributed by atoms with Crippen molar-refractivity contribution in [1.82, 2.24) is 0 Å². The third kappa shape index (κ3) is 5.52. The predicted molar refractivity (Wildman–Crippen MR) is 89.2 cm³/mol. The Labute approximate surface area is 124 Å². The van der Waals surface area contributed by atoms with E-state index in [1.807, 2.05) is 19.6 Å². The molecule has 1 atom stereocenters. The molecule has 0 bridgehead atoms. The Morgan fingerprint density at radius 2 is 1.42 bits per heavy atom. The molecule has 19 heavy (non-hydrogen) atoms. The Morgan fingerprint density at radius 1 is 1.00 bits per heavy atom. The summed E-state index contributed by atoms with van der Waals surface area (Å²) in [5.74, 6) is 0. The van der Waals surface area contributed by atoms with E-state index in [1.54, 1.807) is 0 Å². The van der Waals surface area contributed by atoms with Gasteiger partial charge in [-0.2, -0.15) is 0 Å². The van der Waals surface area contributed by atoms with Crippen LogP contribution in [0, 0.1) is 0 Å². The van der Waals surface area contributed by atoms with Gasteiger partial charge in [0.15, 0.2) is 0 Å².